The number of nitrogens with zero attached hydrogens (tertiary/aromatic N) is 2. The molecular formula is C14H23Cl2N3O. The number of aromatic nitrogens is 1. The number of hydrogen-bond acceptors (Lipinski definition) is 3. The van der Waals surface area contributed by atoms with E-state index >= 15 is 0 Å². The third-order valence-electron chi connectivity index (χ3n) is 3.73. The lowest BCUT2D eigenvalue weighted by Crippen LogP contribution is -2.51. The average molecular weight is 320 g/mol. The van der Waals surface area contributed by atoms with Gasteiger partial charge in [0.15, 0.2) is 0 Å². The van der Waals surface area contributed by atoms with E-state index in [2.05, 4.69) is 11.9 Å². The van der Waals surface area contributed by atoms with Gasteiger partial charge in [0.05, 0.1) is 0 Å². The quantitative estimate of drug-likeness (QED) is 0.910. The molecule has 0 saturated carbocycles. The zero-order chi connectivity index (χ0) is 13.1. The lowest BCUT2D eigenvalue weighted by atomic mass is 9.90. The number of carbonyl (C=O) groups is 1. The van der Waals surface area contributed by atoms with Gasteiger partial charge < -0.3 is 10.6 Å². The van der Waals surface area contributed by atoms with Crippen LogP contribution in [-0.4, -0.2) is 34.9 Å². The number of carbonyl (C=O) groups excluding carboxylic acids is 1. The van der Waals surface area contributed by atoms with Crippen LogP contribution in [0.2, 0.25) is 0 Å². The second kappa shape index (κ2) is 8.45. The maximum atomic E-state index is 12.5. The normalized spacial score (nSPS) is 21.6. The number of amides is 1. The van der Waals surface area contributed by atoms with Gasteiger partial charge in [-0.15, -0.1) is 24.8 Å². The Morgan fingerprint density at radius 1 is 1.45 bits per heavy atom. The third-order valence-corrected chi connectivity index (χ3v) is 3.73. The monoisotopic (exact) mass is 319 g/mol. The van der Waals surface area contributed by atoms with Gasteiger partial charge in [-0.2, -0.15) is 0 Å². The summed E-state index contributed by atoms with van der Waals surface area (Å²) in [6.07, 6.45) is 2.20. The number of nitrogens with two attached hydrogens (primary N) is 1. The first-order chi connectivity index (χ1) is 8.63. The van der Waals surface area contributed by atoms with E-state index in [1.54, 1.807) is 6.07 Å². The van der Waals surface area contributed by atoms with Crippen molar-refractivity contribution in [3.8, 4) is 0 Å². The van der Waals surface area contributed by atoms with Gasteiger partial charge >= 0.3 is 0 Å². The Hall–Kier alpha value is -0.840. The summed E-state index contributed by atoms with van der Waals surface area (Å²) in [7, 11) is 0. The van der Waals surface area contributed by atoms with E-state index in [-0.39, 0.29) is 36.8 Å². The molecule has 0 radical (unpaired) electrons. The molecule has 4 nitrogen and oxygen atoms in total. The Kier molecular flexibility index (Phi) is 8.09. The summed E-state index contributed by atoms with van der Waals surface area (Å²) >= 11 is 0. The zero-order valence-electron chi connectivity index (χ0n) is 11.9. The van der Waals surface area contributed by atoms with Crippen molar-refractivity contribution in [2.45, 2.75) is 32.7 Å². The first-order valence-electron chi connectivity index (χ1n) is 6.58. The number of aryl methyl sites for hydroxylation is 1. The summed E-state index contributed by atoms with van der Waals surface area (Å²) < 4.78 is 0. The van der Waals surface area contributed by atoms with Crippen molar-refractivity contribution in [1.29, 1.82) is 0 Å². The average Bonchev–Trinajstić information content (AvgIpc) is 2.37. The van der Waals surface area contributed by atoms with E-state index in [0.717, 1.165) is 25.1 Å². The fourth-order valence-corrected chi connectivity index (χ4v) is 2.67. The highest BCUT2D eigenvalue weighted by Gasteiger charge is 2.31. The van der Waals surface area contributed by atoms with Gasteiger partial charge in [0.2, 0.25) is 0 Å². The largest absolute Gasteiger partial charge is 0.333 e. The van der Waals surface area contributed by atoms with Gasteiger partial charge in [0.25, 0.3) is 5.91 Å². The molecule has 1 aromatic heterocycles. The van der Waals surface area contributed by atoms with Crippen molar-refractivity contribution in [3.63, 3.8) is 0 Å². The van der Waals surface area contributed by atoms with E-state index in [4.69, 9.17) is 5.73 Å². The topological polar surface area (TPSA) is 59.2 Å². The molecule has 2 heterocycles. The van der Waals surface area contributed by atoms with E-state index in [0.29, 0.717) is 18.2 Å². The number of piperidine rings is 1. The van der Waals surface area contributed by atoms with E-state index in [9.17, 15) is 4.79 Å². The summed E-state index contributed by atoms with van der Waals surface area (Å²) in [5.41, 5.74) is 7.22. The lowest BCUT2D eigenvalue weighted by Gasteiger charge is -2.39. The molecule has 2 unspecified atom stereocenters. The molecular weight excluding hydrogens is 297 g/mol. The van der Waals surface area contributed by atoms with E-state index in [1.165, 1.54) is 0 Å². The fourth-order valence-electron chi connectivity index (χ4n) is 2.67. The molecule has 20 heavy (non-hydrogen) atoms. The van der Waals surface area contributed by atoms with Crippen LogP contribution in [0.5, 0.6) is 0 Å². The van der Waals surface area contributed by atoms with Gasteiger partial charge in [-0.05, 0) is 37.8 Å². The van der Waals surface area contributed by atoms with Crippen LogP contribution in [0, 0.1) is 12.8 Å². The molecule has 1 aliphatic rings. The van der Waals surface area contributed by atoms with Crippen LogP contribution >= 0.6 is 24.8 Å². The Morgan fingerprint density at radius 3 is 2.75 bits per heavy atom. The second-order valence-electron chi connectivity index (χ2n) is 5.09. The van der Waals surface area contributed by atoms with Crippen LogP contribution in [0.25, 0.3) is 0 Å². The van der Waals surface area contributed by atoms with Gasteiger partial charge in [0, 0.05) is 24.8 Å². The van der Waals surface area contributed by atoms with Crippen molar-refractivity contribution >= 4 is 30.7 Å². The van der Waals surface area contributed by atoms with Crippen LogP contribution < -0.4 is 5.73 Å². The molecule has 1 aliphatic heterocycles. The highest BCUT2D eigenvalue weighted by atomic mass is 35.5. The minimum absolute atomic E-state index is 0. The molecule has 0 bridgehead atoms. The molecule has 6 heteroatoms. The van der Waals surface area contributed by atoms with Crippen LogP contribution in [-0.2, 0) is 0 Å². The summed E-state index contributed by atoms with van der Waals surface area (Å²) in [5, 5.41) is 0. The predicted octanol–water partition coefficient (Wildman–Crippen LogP) is 2.43. The number of hydrogen-bond donors (Lipinski definition) is 1. The lowest BCUT2D eigenvalue weighted by molar-refractivity contribution is 0.0526. The second-order valence-corrected chi connectivity index (χ2v) is 5.09. The maximum absolute atomic E-state index is 12.5. The van der Waals surface area contributed by atoms with Crippen molar-refractivity contribution in [1.82, 2.24) is 9.88 Å². The Morgan fingerprint density at radius 2 is 2.15 bits per heavy atom. The molecule has 0 aliphatic carbocycles. The minimum Gasteiger partial charge on any atom is -0.333 e. The molecule has 2 rings (SSSR count). The Labute approximate surface area is 132 Å². The SMILES string of the molecule is Cc1cccc(C(=O)N2CCCC(C)C2CN)n1.Cl.Cl. The summed E-state index contributed by atoms with van der Waals surface area (Å²) in [4.78, 5) is 18.7. The standard InChI is InChI=1S/C14H21N3O.2ClH/c1-10-5-4-8-17(13(10)9-15)14(18)12-7-3-6-11(2)16-12;;/h3,6-7,10,13H,4-5,8-9,15H2,1-2H3;2*1H. The van der Waals surface area contributed by atoms with Crippen molar-refractivity contribution in [2.24, 2.45) is 11.7 Å². The third kappa shape index (κ3) is 4.08. The van der Waals surface area contributed by atoms with E-state index < -0.39 is 0 Å². The molecule has 114 valence electrons. The van der Waals surface area contributed by atoms with E-state index in [1.807, 2.05) is 24.0 Å². The highest BCUT2D eigenvalue weighted by molar-refractivity contribution is 5.92. The Bertz CT molecular complexity index is 442. The number of halogens is 2. The van der Waals surface area contributed by atoms with Gasteiger partial charge in [-0.25, -0.2) is 4.98 Å². The molecule has 1 amide bonds. The first-order valence-corrected chi connectivity index (χ1v) is 6.58. The van der Waals surface area contributed by atoms with Gasteiger partial charge in [-0.1, -0.05) is 13.0 Å². The van der Waals surface area contributed by atoms with Crippen molar-refractivity contribution in [3.05, 3.63) is 29.6 Å². The summed E-state index contributed by atoms with van der Waals surface area (Å²) in [5.74, 6) is 0.484. The summed E-state index contributed by atoms with van der Waals surface area (Å²) in [6.45, 7) is 5.38. The van der Waals surface area contributed by atoms with Crippen LogP contribution in [0.15, 0.2) is 18.2 Å². The minimum atomic E-state index is 0. The molecule has 1 fully saturated rings. The van der Waals surface area contributed by atoms with Crippen LogP contribution in [0.3, 0.4) is 0 Å². The Balaban J connectivity index is 0.00000180. The molecule has 0 aromatic carbocycles. The maximum Gasteiger partial charge on any atom is 0.272 e. The van der Waals surface area contributed by atoms with Crippen LogP contribution in [0.4, 0.5) is 0 Å². The molecule has 2 atom stereocenters. The number of pyridine rings is 1. The predicted molar refractivity (Wildman–Crippen MR) is 85.7 cm³/mol. The molecule has 1 aromatic rings. The zero-order valence-corrected chi connectivity index (χ0v) is 13.5. The first kappa shape index (κ1) is 19.2. The highest BCUT2D eigenvalue weighted by Crippen LogP contribution is 2.23. The van der Waals surface area contributed by atoms with Gasteiger partial charge in [-0.3, -0.25) is 4.79 Å². The van der Waals surface area contributed by atoms with Crippen molar-refractivity contribution in [2.75, 3.05) is 13.1 Å². The molecule has 2 N–H and O–H groups in total. The molecule has 1 saturated heterocycles. The van der Waals surface area contributed by atoms with Crippen LogP contribution in [0.1, 0.15) is 35.9 Å². The van der Waals surface area contributed by atoms with Gasteiger partial charge in [0.1, 0.15) is 5.69 Å². The molecule has 0 spiro atoms. The number of rotatable bonds is 2. The number of likely N-dealkylation sites (tertiary alicyclic amines) is 1. The smallest absolute Gasteiger partial charge is 0.272 e. The summed E-state index contributed by atoms with van der Waals surface area (Å²) in [6, 6.07) is 5.70. The van der Waals surface area contributed by atoms with Crippen molar-refractivity contribution < 1.29 is 4.79 Å². The fraction of sp³-hybridized carbons (Fsp3) is 0.571.